The zero-order valence-corrected chi connectivity index (χ0v) is 8.75. The van der Waals surface area contributed by atoms with Crippen LogP contribution in [0.4, 0.5) is 0 Å². The van der Waals surface area contributed by atoms with Gasteiger partial charge in [0.15, 0.2) is 0 Å². The molecule has 0 amide bonds. The Bertz CT molecular complexity index is 552. The molecule has 1 aromatic carbocycles. The third kappa shape index (κ3) is 1.94. The summed E-state index contributed by atoms with van der Waals surface area (Å²) >= 11 is 5.98. The van der Waals surface area contributed by atoms with Crippen LogP contribution in [0.25, 0.3) is 10.8 Å². The maximum Gasteiger partial charge on any atom is 0.136 e. The molecule has 0 saturated carbocycles. The topological polar surface area (TPSA) is 38.9 Å². The first kappa shape index (κ1) is 9.97. The van der Waals surface area contributed by atoms with Crippen molar-refractivity contribution < 1.29 is 0 Å². The summed E-state index contributed by atoms with van der Waals surface area (Å²) in [5, 5.41) is 2.44. The molecule has 0 aliphatic heterocycles. The van der Waals surface area contributed by atoms with Crippen LogP contribution in [-0.2, 0) is 0 Å². The quantitative estimate of drug-likeness (QED) is 0.542. The van der Waals surface area contributed by atoms with Crippen molar-refractivity contribution in [2.45, 2.75) is 0 Å². The molecule has 0 unspecified atom stereocenters. The van der Waals surface area contributed by atoms with Gasteiger partial charge in [-0.2, -0.15) is 0 Å². The van der Waals surface area contributed by atoms with Gasteiger partial charge in [-0.25, -0.2) is 4.98 Å². The number of halogens is 1. The van der Waals surface area contributed by atoms with Gasteiger partial charge in [0.05, 0.1) is 12.1 Å². The molecular formula is C12H9ClN2. The third-order valence-electron chi connectivity index (χ3n) is 2.07. The highest BCUT2D eigenvalue weighted by Crippen LogP contribution is 2.23. The minimum atomic E-state index is 0.344. The summed E-state index contributed by atoms with van der Waals surface area (Å²) in [6.07, 6.45) is 1.67. The van der Waals surface area contributed by atoms with E-state index in [0.717, 1.165) is 16.3 Å². The van der Waals surface area contributed by atoms with E-state index < -0.39 is 0 Å². The Balaban J connectivity index is 2.72. The van der Waals surface area contributed by atoms with Crippen molar-refractivity contribution in [1.82, 2.24) is 4.98 Å². The number of nitrogens with zero attached hydrogens (tertiary/aromatic N) is 1. The van der Waals surface area contributed by atoms with Crippen LogP contribution in [0, 0.1) is 11.8 Å². The smallest absolute Gasteiger partial charge is 0.136 e. The number of aromatic nitrogens is 1. The minimum Gasteiger partial charge on any atom is -0.320 e. The van der Waals surface area contributed by atoms with Crippen molar-refractivity contribution in [3.63, 3.8) is 0 Å². The molecule has 1 heterocycles. The Morgan fingerprint density at radius 1 is 1.27 bits per heavy atom. The second-order valence-corrected chi connectivity index (χ2v) is 3.37. The molecule has 0 atom stereocenters. The molecule has 0 radical (unpaired) electrons. The third-order valence-corrected chi connectivity index (χ3v) is 2.37. The predicted molar refractivity (Wildman–Crippen MR) is 62.7 cm³/mol. The Hall–Kier alpha value is -1.56. The largest absolute Gasteiger partial charge is 0.320 e. The van der Waals surface area contributed by atoms with E-state index in [1.165, 1.54) is 0 Å². The van der Waals surface area contributed by atoms with Gasteiger partial charge < -0.3 is 5.73 Å². The van der Waals surface area contributed by atoms with Gasteiger partial charge in [0.1, 0.15) is 5.15 Å². The zero-order chi connectivity index (χ0) is 10.7. The molecule has 2 rings (SSSR count). The van der Waals surface area contributed by atoms with Gasteiger partial charge in [-0.1, -0.05) is 47.7 Å². The van der Waals surface area contributed by atoms with E-state index in [9.17, 15) is 0 Å². The SMILES string of the molecule is NCC#Cc1cnc(Cl)c2ccccc12. The lowest BCUT2D eigenvalue weighted by Crippen LogP contribution is -1.93. The molecule has 15 heavy (non-hydrogen) atoms. The van der Waals surface area contributed by atoms with Crippen LogP contribution >= 0.6 is 11.6 Å². The van der Waals surface area contributed by atoms with Crippen LogP contribution in [0.1, 0.15) is 5.56 Å². The number of nitrogens with two attached hydrogens (primary N) is 1. The maximum atomic E-state index is 5.98. The van der Waals surface area contributed by atoms with Crippen LogP contribution in [-0.4, -0.2) is 11.5 Å². The van der Waals surface area contributed by atoms with Crippen LogP contribution < -0.4 is 5.73 Å². The number of fused-ring (bicyclic) bond motifs is 1. The second kappa shape index (κ2) is 4.31. The standard InChI is InChI=1S/C12H9ClN2/c13-12-11-6-2-1-5-10(11)9(8-15-12)4-3-7-14/h1-2,5-6,8H,7,14H2. The first-order chi connectivity index (χ1) is 7.33. The molecule has 1 aromatic heterocycles. The van der Waals surface area contributed by atoms with Gasteiger partial charge in [0, 0.05) is 17.0 Å². The molecule has 0 saturated heterocycles. The van der Waals surface area contributed by atoms with Gasteiger partial charge in [-0.15, -0.1) is 0 Å². The summed E-state index contributed by atoms with van der Waals surface area (Å²) in [7, 11) is 0. The molecule has 0 aliphatic rings. The van der Waals surface area contributed by atoms with Gasteiger partial charge in [0.2, 0.25) is 0 Å². The number of hydrogen-bond donors (Lipinski definition) is 1. The summed E-state index contributed by atoms with van der Waals surface area (Å²) in [4.78, 5) is 4.08. The number of pyridine rings is 1. The fraction of sp³-hybridized carbons (Fsp3) is 0.0833. The number of hydrogen-bond acceptors (Lipinski definition) is 2. The summed E-state index contributed by atoms with van der Waals surface area (Å²) in [5.41, 5.74) is 6.19. The highest BCUT2D eigenvalue weighted by molar-refractivity contribution is 6.34. The first-order valence-corrected chi connectivity index (χ1v) is 4.93. The summed E-state index contributed by atoms with van der Waals surface area (Å²) in [6.45, 7) is 0.344. The van der Waals surface area contributed by atoms with Crippen molar-refractivity contribution >= 4 is 22.4 Å². The molecule has 2 aromatic rings. The Labute approximate surface area is 93.1 Å². The fourth-order valence-electron chi connectivity index (χ4n) is 1.40. The molecule has 0 bridgehead atoms. The Kier molecular flexibility index (Phi) is 2.86. The molecule has 0 aliphatic carbocycles. The fourth-order valence-corrected chi connectivity index (χ4v) is 1.62. The molecule has 74 valence electrons. The second-order valence-electron chi connectivity index (χ2n) is 3.01. The zero-order valence-electron chi connectivity index (χ0n) is 8.00. The van der Waals surface area contributed by atoms with Gasteiger partial charge in [0.25, 0.3) is 0 Å². The highest BCUT2D eigenvalue weighted by atomic mass is 35.5. The van der Waals surface area contributed by atoms with Crippen molar-refractivity contribution in [1.29, 1.82) is 0 Å². The molecular weight excluding hydrogens is 208 g/mol. The van der Waals surface area contributed by atoms with Crippen LogP contribution in [0.15, 0.2) is 30.5 Å². The summed E-state index contributed by atoms with van der Waals surface area (Å²) in [6, 6.07) is 7.78. The van der Waals surface area contributed by atoms with E-state index in [2.05, 4.69) is 16.8 Å². The van der Waals surface area contributed by atoms with E-state index in [1.54, 1.807) is 6.20 Å². The van der Waals surface area contributed by atoms with E-state index in [1.807, 2.05) is 24.3 Å². The maximum absolute atomic E-state index is 5.98. The van der Waals surface area contributed by atoms with Crippen LogP contribution in [0.2, 0.25) is 5.15 Å². The lowest BCUT2D eigenvalue weighted by atomic mass is 10.1. The summed E-state index contributed by atoms with van der Waals surface area (Å²) in [5.74, 6) is 5.79. The van der Waals surface area contributed by atoms with Crippen molar-refractivity contribution in [2.75, 3.05) is 6.54 Å². The van der Waals surface area contributed by atoms with Crippen molar-refractivity contribution in [3.05, 3.63) is 41.2 Å². The average molecular weight is 217 g/mol. The molecule has 0 spiro atoms. The monoisotopic (exact) mass is 216 g/mol. The van der Waals surface area contributed by atoms with Crippen LogP contribution in [0.5, 0.6) is 0 Å². The predicted octanol–water partition coefficient (Wildman–Crippen LogP) is 2.20. The van der Waals surface area contributed by atoms with E-state index >= 15 is 0 Å². The van der Waals surface area contributed by atoms with Gasteiger partial charge in [-0.3, -0.25) is 0 Å². The summed E-state index contributed by atoms with van der Waals surface area (Å²) < 4.78 is 0. The van der Waals surface area contributed by atoms with E-state index in [-0.39, 0.29) is 0 Å². The molecule has 2 nitrogen and oxygen atoms in total. The molecule has 3 heteroatoms. The lowest BCUT2D eigenvalue weighted by Gasteiger charge is -2.01. The number of benzene rings is 1. The van der Waals surface area contributed by atoms with Crippen LogP contribution in [0.3, 0.4) is 0 Å². The van der Waals surface area contributed by atoms with E-state index in [0.29, 0.717) is 11.7 Å². The first-order valence-electron chi connectivity index (χ1n) is 4.55. The average Bonchev–Trinajstić information content (AvgIpc) is 2.29. The Morgan fingerprint density at radius 3 is 2.73 bits per heavy atom. The van der Waals surface area contributed by atoms with Gasteiger partial charge >= 0.3 is 0 Å². The molecule has 2 N–H and O–H groups in total. The van der Waals surface area contributed by atoms with Crippen molar-refractivity contribution in [2.24, 2.45) is 5.73 Å². The molecule has 0 fully saturated rings. The van der Waals surface area contributed by atoms with Gasteiger partial charge in [-0.05, 0) is 0 Å². The Morgan fingerprint density at radius 2 is 2.00 bits per heavy atom. The lowest BCUT2D eigenvalue weighted by molar-refractivity contribution is 1.30. The van der Waals surface area contributed by atoms with E-state index in [4.69, 9.17) is 17.3 Å². The minimum absolute atomic E-state index is 0.344. The normalized spacial score (nSPS) is 9.73. The van der Waals surface area contributed by atoms with Crippen molar-refractivity contribution in [3.8, 4) is 11.8 Å². The number of rotatable bonds is 0. The highest BCUT2D eigenvalue weighted by Gasteiger charge is 2.02.